The van der Waals surface area contributed by atoms with Gasteiger partial charge in [0.15, 0.2) is 0 Å². The molecule has 21 heavy (non-hydrogen) atoms. The molecule has 0 spiro atoms. The molecule has 0 bridgehead atoms. The second kappa shape index (κ2) is 7.36. The number of hydrogen-bond donors (Lipinski definition) is 3. The van der Waals surface area contributed by atoms with Crippen LogP contribution in [0.2, 0.25) is 0 Å². The van der Waals surface area contributed by atoms with Gasteiger partial charge < -0.3 is 16.4 Å². The number of nitrogens with one attached hydrogen (secondary N) is 2. The van der Waals surface area contributed by atoms with Crippen molar-refractivity contribution in [1.82, 2.24) is 10.6 Å². The van der Waals surface area contributed by atoms with Gasteiger partial charge in [-0.15, -0.1) is 0 Å². The minimum Gasteiger partial charge on any atom is -0.352 e. The SMILES string of the molecule is CSCCC(NC(N)=O)C(=O)NC1CCc2ccccc21. The molecule has 4 N–H and O–H groups in total. The van der Waals surface area contributed by atoms with Crippen LogP contribution in [0.1, 0.15) is 30.0 Å². The van der Waals surface area contributed by atoms with E-state index < -0.39 is 12.1 Å². The molecule has 1 aliphatic rings. The highest BCUT2D eigenvalue weighted by molar-refractivity contribution is 7.98. The lowest BCUT2D eigenvalue weighted by Crippen LogP contribution is -2.49. The van der Waals surface area contributed by atoms with Crippen LogP contribution in [0.15, 0.2) is 24.3 Å². The van der Waals surface area contributed by atoms with E-state index in [4.69, 9.17) is 5.73 Å². The van der Waals surface area contributed by atoms with E-state index in [0.717, 1.165) is 18.6 Å². The lowest BCUT2D eigenvalue weighted by atomic mass is 10.1. The first kappa shape index (κ1) is 15.7. The average Bonchev–Trinajstić information content (AvgIpc) is 2.86. The predicted molar refractivity (Wildman–Crippen MR) is 85.2 cm³/mol. The molecule has 3 amide bonds. The average molecular weight is 307 g/mol. The maximum atomic E-state index is 12.4. The summed E-state index contributed by atoms with van der Waals surface area (Å²) in [6.45, 7) is 0. The van der Waals surface area contributed by atoms with E-state index in [1.54, 1.807) is 11.8 Å². The highest BCUT2D eigenvalue weighted by Crippen LogP contribution is 2.30. The number of benzene rings is 1. The van der Waals surface area contributed by atoms with E-state index in [9.17, 15) is 9.59 Å². The number of nitrogens with two attached hydrogens (primary N) is 1. The normalized spacial score (nSPS) is 17.9. The van der Waals surface area contributed by atoms with Gasteiger partial charge in [-0.05, 0) is 42.4 Å². The summed E-state index contributed by atoms with van der Waals surface area (Å²) in [7, 11) is 0. The molecular formula is C15H21N3O2S. The third-order valence-electron chi connectivity index (χ3n) is 3.69. The zero-order chi connectivity index (χ0) is 15.2. The molecule has 2 unspecified atom stereocenters. The molecule has 5 nitrogen and oxygen atoms in total. The van der Waals surface area contributed by atoms with Crippen LogP contribution in [-0.4, -0.2) is 30.0 Å². The Morgan fingerprint density at radius 2 is 2.19 bits per heavy atom. The van der Waals surface area contributed by atoms with Crippen molar-refractivity contribution in [3.8, 4) is 0 Å². The maximum Gasteiger partial charge on any atom is 0.312 e. The van der Waals surface area contributed by atoms with E-state index in [1.165, 1.54) is 11.1 Å². The molecule has 0 saturated carbocycles. The molecule has 0 radical (unpaired) electrons. The van der Waals surface area contributed by atoms with Gasteiger partial charge in [-0.2, -0.15) is 11.8 Å². The molecule has 2 rings (SSSR count). The summed E-state index contributed by atoms with van der Waals surface area (Å²) in [5.74, 6) is 0.629. The number of hydrogen-bond acceptors (Lipinski definition) is 3. The molecule has 1 aliphatic carbocycles. The van der Waals surface area contributed by atoms with Gasteiger partial charge in [0.25, 0.3) is 0 Å². The minimum atomic E-state index is -0.664. The number of fused-ring (bicyclic) bond motifs is 1. The Balaban J connectivity index is 2.00. The van der Waals surface area contributed by atoms with Crippen LogP contribution < -0.4 is 16.4 Å². The van der Waals surface area contributed by atoms with Crippen LogP contribution in [-0.2, 0) is 11.2 Å². The van der Waals surface area contributed by atoms with Crippen LogP contribution in [0.4, 0.5) is 4.79 Å². The van der Waals surface area contributed by atoms with Gasteiger partial charge in [0.1, 0.15) is 6.04 Å². The van der Waals surface area contributed by atoms with Gasteiger partial charge in [-0.3, -0.25) is 4.79 Å². The molecule has 0 aromatic heterocycles. The topological polar surface area (TPSA) is 84.2 Å². The summed E-state index contributed by atoms with van der Waals surface area (Å²) < 4.78 is 0. The van der Waals surface area contributed by atoms with Gasteiger partial charge in [0, 0.05) is 0 Å². The Bertz CT molecular complexity index is 521. The van der Waals surface area contributed by atoms with Crippen molar-refractivity contribution in [2.24, 2.45) is 5.73 Å². The first-order valence-corrected chi connectivity index (χ1v) is 8.44. The predicted octanol–water partition coefficient (Wildman–Crippen LogP) is 1.58. The monoisotopic (exact) mass is 307 g/mol. The quantitative estimate of drug-likeness (QED) is 0.746. The summed E-state index contributed by atoms with van der Waals surface area (Å²) in [6.07, 6.45) is 4.41. The van der Waals surface area contributed by atoms with E-state index in [2.05, 4.69) is 16.7 Å². The third kappa shape index (κ3) is 4.14. The Morgan fingerprint density at radius 3 is 2.90 bits per heavy atom. The van der Waals surface area contributed by atoms with Crippen LogP contribution in [0.3, 0.4) is 0 Å². The number of thioether (sulfide) groups is 1. The van der Waals surface area contributed by atoms with Crippen molar-refractivity contribution in [2.75, 3.05) is 12.0 Å². The molecule has 1 aromatic carbocycles. The molecule has 0 aliphatic heterocycles. The fourth-order valence-electron chi connectivity index (χ4n) is 2.66. The largest absolute Gasteiger partial charge is 0.352 e. The van der Waals surface area contributed by atoms with Crippen molar-refractivity contribution >= 4 is 23.7 Å². The van der Waals surface area contributed by atoms with Gasteiger partial charge in [0.05, 0.1) is 6.04 Å². The van der Waals surface area contributed by atoms with Crippen LogP contribution in [0, 0.1) is 0 Å². The third-order valence-corrected chi connectivity index (χ3v) is 4.34. The van der Waals surface area contributed by atoms with E-state index >= 15 is 0 Å². The molecular weight excluding hydrogens is 286 g/mol. The van der Waals surface area contributed by atoms with Gasteiger partial charge >= 0.3 is 6.03 Å². The number of aryl methyl sites for hydroxylation is 1. The molecule has 2 atom stereocenters. The van der Waals surface area contributed by atoms with Crippen molar-refractivity contribution in [2.45, 2.75) is 31.3 Å². The molecule has 114 valence electrons. The van der Waals surface area contributed by atoms with Crippen molar-refractivity contribution in [1.29, 1.82) is 0 Å². The number of primary amides is 1. The molecule has 0 heterocycles. The summed E-state index contributed by atoms with van der Waals surface area (Å²) in [6, 6.07) is 6.93. The van der Waals surface area contributed by atoms with Crippen LogP contribution in [0.5, 0.6) is 0 Å². The molecule has 0 saturated heterocycles. The lowest BCUT2D eigenvalue weighted by Gasteiger charge is -2.20. The fourth-order valence-corrected chi connectivity index (χ4v) is 3.13. The second-order valence-corrected chi connectivity index (χ2v) is 6.13. The summed E-state index contributed by atoms with van der Waals surface area (Å²) in [4.78, 5) is 23.4. The van der Waals surface area contributed by atoms with Crippen molar-refractivity contribution in [3.63, 3.8) is 0 Å². The Kier molecular flexibility index (Phi) is 5.50. The van der Waals surface area contributed by atoms with E-state index in [-0.39, 0.29) is 11.9 Å². The zero-order valence-corrected chi connectivity index (χ0v) is 12.9. The van der Waals surface area contributed by atoms with Crippen molar-refractivity contribution < 1.29 is 9.59 Å². The number of rotatable bonds is 6. The number of carbonyl (C=O) groups excluding carboxylic acids is 2. The van der Waals surface area contributed by atoms with E-state index in [0.29, 0.717) is 6.42 Å². The van der Waals surface area contributed by atoms with Gasteiger partial charge in [-0.25, -0.2) is 4.79 Å². The zero-order valence-electron chi connectivity index (χ0n) is 12.1. The first-order chi connectivity index (χ1) is 10.1. The fraction of sp³-hybridized carbons (Fsp3) is 0.467. The standard InChI is InChI=1S/C15H21N3O2S/c1-21-9-8-13(18-15(16)20)14(19)17-12-7-6-10-4-2-3-5-11(10)12/h2-5,12-13H,6-9H2,1H3,(H,17,19)(H3,16,18,20). The van der Waals surface area contributed by atoms with Gasteiger partial charge in [0.2, 0.25) is 5.91 Å². The number of urea groups is 1. The highest BCUT2D eigenvalue weighted by Gasteiger charge is 2.27. The van der Waals surface area contributed by atoms with Crippen LogP contribution in [0.25, 0.3) is 0 Å². The highest BCUT2D eigenvalue weighted by atomic mass is 32.2. The smallest absolute Gasteiger partial charge is 0.312 e. The Morgan fingerprint density at radius 1 is 1.43 bits per heavy atom. The molecule has 0 fully saturated rings. The Hall–Kier alpha value is -1.69. The maximum absolute atomic E-state index is 12.4. The Labute approximate surface area is 129 Å². The second-order valence-electron chi connectivity index (χ2n) is 5.14. The molecule has 6 heteroatoms. The van der Waals surface area contributed by atoms with Crippen molar-refractivity contribution in [3.05, 3.63) is 35.4 Å². The summed E-state index contributed by atoms with van der Waals surface area (Å²) in [5, 5.41) is 5.56. The van der Waals surface area contributed by atoms with Gasteiger partial charge in [-0.1, -0.05) is 24.3 Å². The first-order valence-electron chi connectivity index (χ1n) is 7.05. The number of amides is 3. The summed E-state index contributed by atoms with van der Waals surface area (Å²) >= 11 is 1.63. The number of carbonyl (C=O) groups is 2. The van der Waals surface area contributed by atoms with Crippen LogP contribution >= 0.6 is 11.8 Å². The minimum absolute atomic E-state index is 0.0279. The summed E-state index contributed by atoms with van der Waals surface area (Å²) in [5.41, 5.74) is 7.61. The molecule has 1 aromatic rings. The van der Waals surface area contributed by atoms with E-state index in [1.807, 2.05) is 24.5 Å². The lowest BCUT2D eigenvalue weighted by molar-refractivity contribution is -0.123.